The number of rotatable bonds is 3. The third-order valence-corrected chi connectivity index (χ3v) is 7.75. The Morgan fingerprint density at radius 3 is 2.23 bits per heavy atom. The Bertz CT molecular complexity index is 616. The Morgan fingerprint density at radius 2 is 1.91 bits per heavy atom. The standard InChI is InChI=1S/C15H25NO5S/c1-13(2,3)16(12(18)19)22(20,21)9-15-7-6-10(8-11(15)17)14(15,4)5/h10H,6-9H2,1-5H3,(H,18,19)/t10?,15-/m1/s1. The molecule has 2 atom stereocenters. The molecule has 0 aromatic heterocycles. The van der Waals surface area contributed by atoms with Gasteiger partial charge in [-0.1, -0.05) is 13.8 Å². The Morgan fingerprint density at radius 1 is 1.36 bits per heavy atom. The van der Waals surface area contributed by atoms with Crippen LogP contribution in [0.3, 0.4) is 0 Å². The van der Waals surface area contributed by atoms with E-state index in [0.29, 0.717) is 17.1 Å². The molecule has 2 aliphatic carbocycles. The number of Topliss-reactive ketones (excluding diaryl/α,β-unsaturated/α-hetero) is 1. The minimum Gasteiger partial charge on any atom is -0.464 e. The van der Waals surface area contributed by atoms with E-state index in [2.05, 4.69) is 0 Å². The molecule has 2 aliphatic rings. The van der Waals surface area contributed by atoms with Crippen LogP contribution in [0, 0.1) is 16.7 Å². The van der Waals surface area contributed by atoms with Crippen molar-refractivity contribution in [3.05, 3.63) is 0 Å². The maximum absolute atomic E-state index is 12.8. The van der Waals surface area contributed by atoms with Gasteiger partial charge in [-0.25, -0.2) is 13.2 Å². The molecule has 1 unspecified atom stereocenters. The molecule has 2 saturated carbocycles. The van der Waals surface area contributed by atoms with Crippen LogP contribution in [0.4, 0.5) is 4.79 Å². The molecule has 0 spiro atoms. The summed E-state index contributed by atoms with van der Waals surface area (Å²) in [7, 11) is -4.10. The first-order valence-corrected chi connectivity index (χ1v) is 9.16. The van der Waals surface area contributed by atoms with Crippen molar-refractivity contribution in [3.8, 4) is 0 Å². The van der Waals surface area contributed by atoms with E-state index >= 15 is 0 Å². The molecule has 0 heterocycles. The summed E-state index contributed by atoms with van der Waals surface area (Å²) >= 11 is 0. The van der Waals surface area contributed by atoms with Crippen molar-refractivity contribution in [2.75, 3.05) is 5.75 Å². The van der Waals surface area contributed by atoms with Gasteiger partial charge in [-0.15, -0.1) is 0 Å². The molecule has 2 fully saturated rings. The molecule has 22 heavy (non-hydrogen) atoms. The molecule has 0 saturated heterocycles. The minimum atomic E-state index is -4.10. The molecule has 0 aliphatic heterocycles. The van der Waals surface area contributed by atoms with Gasteiger partial charge in [0.25, 0.3) is 0 Å². The van der Waals surface area contributed by atoms with Crippen LogP contribution in [0.25, 0.3) is 0 Å². The van der Waals surface area contributed by atoms with Gasteiger partial charge in [0.05, 0.1) is 16.7 Å². The fourth-order valence-electron chi connectivity index (χ4n) is 4.31. The second-order valence-electron chi connectivity index (χ2n) is 8.14. The van der Waals surface area contributed by atoms with Crippen molar-refractivity contribution in [3.63, 3.8) is 0 Å². The number of ketones is 1. The molecule has 0 aromatic carbocycles. The van der Waals surface area contributed by atoms with Crippen LogP contribution in [0.1, 0.15) is 53.9 Å². The van der Waals surface area contributed by atoms with Crippen molar-refractivity contribution in [2.45, 2.75) is 59.4 Å². The zero-order valence-corrected chi connectivity index (χ0v) is 14.7. The summed E-state index contributed by atoms with van der Waals surface area (Å²) in [6, 6.07) is 0. The Labute approximate surface area is 131 Å². The van der Waals surface area contributed by atoms with Gasteiger partial charge in [0.1, 0.15) is 5.78 Å². The number of fused-ring (bicyclic) bond motifs is 2. The number of carbonyl (C=O) groups excluding carboxylic acids is 1. The Kier molecular flexibility index (Phi) is 3.68. The first kappa shape index (κ1) is 17.2. The van der Waals surface area contributed by atoms with E-state index in [1.165, 1.54) is 20.8 Å². The topological polar surface area (TPSA) is 91.8 Å². The molecule has 2 rings (SSSR count). The first-order chi connectivity index (χ1) is 9.76. The van der Waals surface area contributed by atoms with Crippen LogP contribution >= 0.6 is 0 Å². The number of sulfonamides is 1. The highest BCUT2D eigenvalue weighted by molar-refractivity contribution is 7.89. The van der Waals surface area contributed by atoms with Crippen molar-refractivity contribution < 1.29 is 23.1 Å². The van der Waals surface area contributed by atoms with Gasteiger partial charge in [-0.2, -0.15) is 4.31 Å². The lowest BCUT2D eigenvalue weighted by Crippen LogP contribution is -2.53. The lowest BCUT2D eigenvalue weighted by molar-refractivity contribution is -0.128. The molecule has 2 bridgehead atoms. The van der Waals surface area contributed by atoms with Crippen LogP contribution in [-0.4, -0.2) is 41.0 Å². The predicted octanol–water partition coefficient (Wildman–Crippen LogP) is 2.49. The number of hydrogen-bond donors (Lipinski definition) is 1. The predicted molar refractivity (Wildman–Crippen MR) is 82.0 cm³/mol. The maximum Gasteiger partial charge on any atom is 0.421 e. The molecule has 126 valence electrons. The van der Waals surface area contributed by atoms with E-state index in [0.717, 1.165) is 6.42 Å². The molecule has 0 radical (unpaired) electrons. The van der Waals surface area contributed by atoms with Crippen molar-refractivity contribution >= 4 is 21.9 Å². The molecular weight excluding hydrogens is 306 g/mol. The highest BCUT2D eigenvalue weighted by atomic mass is 32.2. The van der Waals surface area contributed by atoms with Gasteiger partial charge >= 0.3 is 6.09 Å². The van der Waals surface area contributed by atoms with Crippen LogP contribution in [0.15, 0.2) is 0 Å². The molecule has 7 heteroatoms. The van der Waals surface area contributed by atoms with Crippen LogP contribution < -0.4 is 0 Å². The van der Waals surface area contributed by atoms with E-state index < -0.39 is 38.2 Å². The zero-order chi connectivity index (χ0) is 17.1. The van der Waals surface area contributed by atoms with E-state index in [1.54, 1.807) is 0 Å². The number of carbonyl (C=O) groups is 2. The zero-order valence-electron chi connectivity index (χ0n) is 13.8. The van der Waals surface area contributed by atoms with Crippen LogP contribution in [0.2, 0.25) is 0 Å². The van der Waals surface area contributed by atoms with Crippen LogP contribution in [0.5, 0.6) is 0 Å². The van der Waals surface area contributed by atoms with Gasteiger partial charge in [0, 0.05) is 6.42 Å². The summed E-state index contributed by atoms with van der Waals surface area (Å²) in [5.74, 6) is -0.244. The largest absolute Gasteiger partial charge is 0.464 e. The smallest absolute Gasteiger partial charge is 0.421 e. The molecule has 6 nitrogen and oxygen atoms in total. The van der Waals surface area contributed by atoms with E-state index in [4.69, 9.17) is 0 Å². The van der Waals surface area contributed by atoms with Crippen LogP contribution in [-0.2, 0) is 14.8 Å². The molecule has 0 aromatic rings. The Balaban J connectivity index is 2.44. The van der Waals surface area contributed by atoms with Crippen molar-refractivity contribution in [1.82, 2.24) is 4.31 Å². The van der Waals surface area contributed by atoms with E-state index in [-0.39, 0.29) is 11.7 Å². The number of nitrogens with zero attached hydrogens (tertiary/aromatic N) is 1. The SMILES string of the molecule is CC(C)(C)N(C(=O)O)S(=O)(=O)C[C@]12CCC(CC1=O)C2(C)C. The second kappa shape index (κ2) is 4.69. The quantitative estimate of drug-likeness (QED) is 0.858. The maximum atomic E-state index is 12.8. The number of amides is 1. The number of carboxylic acid groups (broad SMARTS) is 1. The Hall–Kier alpha value is -1.11. The molecule has 1 amide bonds. The lowest BCUT2D eigenvalue weighted by atomic mass is 9.70. The molecular formula is C15H25NO5S. The summed E-state index contributed by atoms with van der Waals surface area (Å²) < 4.78 is 26.1. The minimum absolute atomic E-state index is 0.0310. The van der Waals surface area contributed by atoms with Gasteiger partial charge in [0.15, 0.2) is 0 Å². The van der Waals surface area contributed by atoms with Crippen molar-refractivity contribution in [2.24, 2.45) is 16.7 Å². The van der Waals surface area contributed by atoms with Crippen molar-refractivity contribution in [1.29, 1.82) is 0 Å². The van der Waals surface area contributed by atoms with Gasteiger partial charge in [0.2, 0.25) is 10.0 Å². The van der Waals surface area contributed by atoms with Gasteiger partial charge < -0.3 is 5.11 Å². The number of hydrogen-bond acceptors (Lipinski definition) is 4. The molecule has 1 N–H and O–H groups in total. The van der Waals surface area contributed by atoms with E-state index in [1.807, 2.05) is 13.8 Å². The highest BCUT2D eigenvalue weighted by Crippen LogP contribution is 2.64. The third kappa shape index (κ3) is 2.25. The average Bonchev–Trinajstić information content (AvgIpc) is 2.58. The summed E-state index contributed by atoms with van der Waals surface area (Å²) in [4.78, 5) is 23.9. The summed E-state index contributed by atoms with van der Waals surface area (Å²) in [5.41, 5.74) is -2.43. The van der Waals surface area contributed by atoms with E-state index in [9.17, 15) is 23.1 Å². The summed E-state index contributed by atoms with van der Waals surface area (Å²) in [5, 5.41) is 9.34. The van der Waals surface area contributed by atoms with Gasteiger partial charge in [-0.3, -0.25) is 4.79 Å². The monoisotopic (exact) mass is 331 g/mol. The third-order valence-electron chi connectivity index (χ3n) is 5.63. The lowest BCUT2D eigenvalue weighted by Gasteiger charge is -2.39. The fraction of sp³-hybridized carbons (Fsp3) is 0.867. The average molecular weight is 331 g/mol. The summed E-state index contributed by atoms with van der Waals surface area (Å²) in [6.45, 7) is 8.49. The fourth-order valence-corrected chi connectivity index (χ4v) is 6.81. The summed E-state index contributed by atoms with van der Waals surface area (Å²) in [6.07, 6.45) is 0.268. The highest BCUT2D eigenvalue weighted by Gasteiger charge is 2.66. The first-order valence-electron chi connectivity index (χ1n) is 7.55. The van der Waals surface area contributed by atoms with Gasteiger partial charge in [-0.05, 0) is 44.9 Å². The second-order valence-corrected chi connectivity index (χ2v) is 9.96. The normalized spacial score (nSPS) is 30.6.